The van der Waals surface area contributed by atoms with Crippen LogP contribution < -0.4 is 10.1 Å². The van der Waals surface area contributed by atoms with E-state index in [0.717, 1.165) is 4.90 Å². The number of nitro benzene ring substituents is 1. The molecule has 1 N–H and O–H groups in total. The van der Waals surface area contributed by atoms with Crippen molar-refractivity contribution in [3.8, 4) is 5.75 Å². The molecule has 0 radical (unpaired) electrons. The van der Waals surface area contributed by atoms with Gasteiger partial charge in [0.25, 0.3) is 5.91 Å². The molecule has 1 saturated heterocycles. The molecule has 0 bridgehead atoms. The number of rotatable bonds is 5. The lowest BCUT2D eigenvalue weighted by Gasteiger charge is -2.13. The first-order valence-corrected chi connectivity index (χ1v) is 6.42. The number of benzene rings is 1. The number of imide groups is 1. The summed E-state index contributed by atoms with van der Waals surface area (Å²) in [5.74, 6) is -0.460. The Kier molecular flexibility index (Phi) is 4.06. The molecule has 1 aliphatic heterocycles. The van der Waals surface area contributed by atoms with Gasteiger partial charge < -0.3 is 10.1 Å². The fraction of sp³-hybridized carbons (Fsp3) is 0.385. The molecule has 1 aliphatic rings. The van der Waals surface area contributed by atoms with Crippen LogP contribution in [0.15, 0.2) is 18.2 Å². The number of nitrogens with zero attached hydrogens (tertiary/aromatic N) is 2. The molecule has 0 saturated carbocycles. The van der Waals surface area contributed by atoms with Gasteiger partial charge in [-0.2, -0.15) is 0 Å². The Morgan fingerprint density at radius 1 is 1.48 bits per heavy atom. The highest BCUT2D eigenvalue weighted by Crippen LogP contribution is 2.31. The van der Waals surface area contributed by atoms with Crippen LogP contribution in [0.5, 0.6) is 5.75 Å². The second-order valence-electron chi connectivity index (χ2n) is 4.56. The first-order valence-electron chi connectivity index (χ1n) is 6.42. The number of carbonyl (C=O) groups is 2. The van der Waals surface area contributed by atoms with Crippen LogP contribution in [0.2, 0.25) is 0 Å². The molecule has 0 spiro atoms. The van der Waals surface area contributed by atoms with Crippen LogP contribution >= 0.6 is 0 Å². The SMILES string of the molecule is CCOc1cc(NC2CC(=O)N(C)C2=O)ccc1[N+](=O)[O-]. The third kappa shape index (κ3) is 2.93. The normalized spacial score (nSPS) is 18.0. The van der Waals surface area contributed by atoms with Gasteiger partial charge in [-0.25, -0.2) is 0 Å². The van der Waals surface area contributed by atoms with Crippen molar-refractivity contribution in [1.29, 1.82) is 0 Å². The molecular formula is C13H15N3O5. The molecule has 1 heterocycles. The molecule has 1 aromatic rings. The third-order valence-electron chi connectivity index (χ3n) is 3.18. The molecule has 8 heteroatoms. The van der Waals surface area contributed by atoms with Crippen LogP contribution in [0, 0.1) is 10.1 Å². The lowest BCUT2D eigenvalue weighted by Crippen LogP contribution is -2.31. The summed E-state index contributed by atoms with van der Waals surface area (Å²) in [6.45, 7) is 2.01. The van der Waals surface area contributed by atoms with Crippen molar-refractivity contribution < 1.29 is 19.2 Å². The largest absolute Gasteiger partial charge is 0.487 e. The number of amides is 2. The summed E-state index contributed by atoms with van der Waals surface area (Å²) < 4.78 is 5.23. The summed E-state index contributed by atoms with van der Waals surface area (Å²) in [5, 5.41) is 13.8. The molecule has 8 nitrogen and oxygen atoms in total. The standard InChI is InChI=1S/C13H15N3O5/c1-3-21-11-6-8(4-5-10(11)16(19)20)14-9-7-12(17)15(2)13(9)18/h4-6,9,14H,3,7H2,1-2H3. The Balaban J connectivity index is 2.21. The van der Waals surface area contributed by atoms with Crippen molar-refractivity contribution in [2.75, 3.05) is 19.0 Å². The van der Waals surface area contributed by atoms with Crippen LogP contribution in [-0.4, -0.2) is 41.3 Å². The molecule has 2 amide bonds. The quantitative estimate of drug-likeness (QED) is 0.496. The molecule has 1 aromatic carbocycles. The van der Waals surface area contributed by atoms with E-state index in [-0.39, 0.29) is 36.3 Å². The molecule has 1 fully saturated rings. The van der Waals surface area contributed by atoms with Crippen LogP contribution in [0.3, 0.4) is 0 Å². The molecular weight excluding hydrogens is 278 g/mol. The lowest BCUT2D eigenvalue weighted by molar-refractivity contribution is -0.385. The van der Waals surface area contributed by atoms with Crippen LogP contribution in [0.4, 0.5) is 11.4 Å². The number of hydrogen-bond acceptors (Lipinski definition) is 6. The van der Waals surface area contributed by atoms with Gasteiger partial charge in [0.15, 0.2) is 5.75 Å². The molecule has 112 valence electrons. The Labute approximate surface area is 120 Å². The van der Waals surface area contributed by atoms with E-state index < -0.39 is 11.0 Å². The average Bonchev–Trinajstić information content (AvgIpc) is 2.67. The van der Waals surface area contributed by atoms with Crippen molar-refractivity contribution in [1.82, 2.24) is 4.90 Å². The van der Waals surface area contributed by atoms with E-state index in [0.29, 0.717) is 5.69 Å². The van der Waals surface area contributed by atoms with Gasteiger partial charge in [0.05, 0.1) is 18.0 Å². The van der Waals surface area contributed by atoms with Gasteiger partial charge in [0.2, 0.25) is 5.91 Å². The Bertz CT molecular complexity index is 601. The van der Waals surface area contributed by atoms with Gasteiger partial charge in [0.1, 0.15) is 6.04 Å². The first kappa shape index (κ1) is 14.8. The molecule has 0 aromatic heterocycles. The highest BCUT2D eigenvalue weighted by molar-refractivity contribution is 6.06. The van der Waals surface area contributed by atoms with Crippen LogP contribution in [0.1, 0.15) is 13.3 Å². The van der Waals surface area contributed by atoms with E-state index in [1.54, 1.807) is 6.92 Å². The van der Waals surface area contributed by atoms with Crippen LogP contribution in [-0.2, 0) is 9.59 Å². The zero-order chi connectivity index (χ0) is 15.6. The van der Waals surface area contributed by atoms with Gasteiger partial charge in [-0.1, -0.05) is 0 Å². The monoisotopic (exact) mass is 293 g/mol. The number of nitrogens with one attached hydrogen (secondary N) is 1. The second kappa shape index (κ2) is 5.78. The van der Waals surface area contributed by atoms with E-state index in [1.165, 1.54) is 25.2 Å². The second-order valence-corrected chi connectivity index (χ2v) is 4.56. The molecule has 21 heavy (non-hydrogen) atoms. The minimum absolute atomic E-state index is 0.0658. The zero-order valence-electron chi connectivity index (χ0n) is 11.7. The number of hydrogen-bond donors (Lipinski definition) is 1. The summed E-state index contributed by atoms with van der Waals surface area (Å²) in [5.41, 5.74) is 0.346. The molecule has 1 atom stereocenters. The maximum Gasteiger partial charge on any atom is 0.311 e. The number of nitro groups is 1. The fourth-order valence-electron chi connectivity index (χ4n) is 2.10. The predicted molar refractivity (Wildman–Crippen MR) is 74.1 cm³/mol. The van der Waals surface area contributed by atoms with Gasteiger partial charge in [-0.3, -0.25) is 24.6 Å². The summed E-state index contributed by atoms with van der Waals surface area (Å²) in [7, 11) is 1.42. The lowest BCUT2D eigenvalue weighted by atomic mass is 10.2. The van der Waals surface area contributed by atoms with Crippen molar-refractivity contribution >= 4 is 23.2 Å². The van der Waals surface area contributed by atoms with E-state index >= 15 is 0 Å². The van der Waals surface area contributed by atoms with Crippen molar-refractivity contribution in [3.63, 3.8) is 0 Å². The van der Waals surface area contributed by atoms with Crippen molar-refractivity contribution in [2.45, 2.75) is 19.4 Å². The molecule has 2 rings (SSSR count). The maximum atomic E-state index is 11.8. The Morgan fingerprint density at radius 3 is 2.71 bits per heavy atom. The van der Waals surface area contributed by atoms with E-state index in [4.69, 9.17) is 4.74 Å². The number of anilines is 1. The Hall–Kier alpha value is -2.64. The predicted octanol–water partition coefficient (Wildman–Crippen LogP) is 1.16. The number of likely N-dealkylation sites (tertiary alicyclic amines) is 1. The fourth-order valence-corrected chi connectivity index (χ4v) is 2.10. The average molecular weight is 293 g/mol. The molecule has 0 aliphatic carbocycles. The molecule has 1 unspecified atom stereocenters. The summed E-state index contributed by atoms with van der Waals surface area (Å²) in [6, 6.07) is 3.59. The van der Waals surface area contributed by atoms with E-state index in [9.17, 15) is 19.7 Å². The number of likely N-dealkylation sites (N-methyl/N-ethyl adjacent to an activating group) is 1. The highest BCUT2D eigenvalue weighted by atomic mass is 16.6. The van der Waals surface area contributed by atoms with Gasteiger partial charge >= 0.3 is 5.69 Å². The zero-order valence-corrected chi connectivity index (χ0v) is 11.7. The summed E-state index contributed by atoms with van der Waals surface area (Å²) in [4.78, 5) is 34.7. The van der Waals surface area contributed by atoms with Crippen LogP contribution in [0.25, 0.3) is 0 Å². The minimum Gasteiger partial charge on any atom is -0.487 e. The third-order valence-corrected chi connectivity index (χ3v) is 3.18. The van der Waals surface area contributed by atoms with E-state index in [2.05, 4.69) is 5.32 Å². The highest BCUT2D eigenvalue weighted by Gasteiger charge is 2.36. The van der Waals surface area contributed by atoms with Crippen molar-refractivity contribution in [2.24, 2.45) is 0 Å². The topological polar surface area (TPSA) is 102 Å². The smallest absolute Gasteiger partial charge is 0.311 e. The Morgan fingerprint density at radius 2 is 2.19 bits per heavy atom. The maximum absolute atomic E-state index is 11.8. The summed E-state index contributed by atoms with van der Waals surface area (Å²) in [6.07, 6.45) is 0.0658. The summed E-state index contributed by atoms with van der Waals surface area (Å²) >= 11 is 0. The minimum atomic E-state index is -0.654. The van der Waals surface area contributed by atoms with Gasteiger partial charge in [0, 0.05) is 24.9 Å². The van der Waals surface area contributed by atoms with Crippen molar-refractivity contribution in [3.05, 3.63) is 28.3 Å². The van der Waals surface area contributed by atoms with Gasteiger partial charge in [-0.15, -0.1) is 0 Å². The van der Waals surface area contributed by atoms with E-state index in [1.807, 2.05) is 0 Å². The first-order chi connectivity index (χ1) is 9.93. The van der Waals surface area contributed by atoms with Gasteiger partial charge in [-0.05, 0) is 13.0 Å². The number of carbonyl (C=O) groups excluding carboxylic acids is 2. The number of ether oxygens (including phenoxy) is 1.